The van der Waals surface area contributed by atoms with Gasteiger partial charge in [0.2, 0.25) is 6.41 Å². The number of hydrogen-bond donors (Lipinski definition) is 2. The van der Waals surface area contributed by atoms with Crippen molar-refractivity contribution < 1.29 is 4.79 Å². The van der Waals surface area contributed by atoms with E-state index in [9.17, 15) is 4.79 Å². The number of carbonyl (C=O) groups is 1. The lowest BCUT2D eigenvalue weighted by atomic mass is 10.1. The molecule has 1 amide bonds. The molecule has 0 spiro atoms. The van der Waals surface area contributed by atoms with Crippen molar-refractivity contribution in [2.24, 2.45) is 12.8 Å². The van der Waals surface area contributed by atoms with Crippen molar-refractivity contribution in [1.29, 1.82) is 0 Å². The van der Waals surface area contributed by atoms with E-state index in [1.165, 1.54) is 0 Å². The molecule has 1 aliphatic rings. The number of anilines is 2. The van der Waals surface area contributed by atoms with Crippen LogP contribution in [-0.4, -0.2) is 37.4 Å². The SMILES string of the molecule is C=C(N)CCn1nc(Nc2ccc(-c3cnn(C)c3)cc2)c2c1CCN(C=O)C2. The lowest BCUT2D eigenvalue weighted by molar-refractivity contribution is -0.118. The molecule has 0 atom stereocenters. The van der Waals surface area contributed by atoms with E-state index in [1.54, 1.807) is 9.58 Å². The van der Waals surface area contributed by atoms with E-state index < -0.39 is 0 Å². The zero-order valence-corrected chi connectivity index (χ0v) is 16.5. The van der Waals surface area contributed by atoms with Crippen LogP contribution in [0.4, 0.5) is 11.5 Å². The molecule has 4 rings (SSSR count). The summed E-state index contributed by atoms with van der Waals surface area (Å²) >= 11 is 0. The van der Waals surface area contributed by atoms with Crippen LogP contribution in [0.15, 0.2) is 48.9 Å². The number of benzene rings is 1. The summed E-state index contributed by atoms with van der Waals surface area (Å²) in [6.07, 6.45) is 6.18. The van der Waals surface area contributed by atoms with Gasteiger partial charge in [-0.1, -0.05) is 18.7 Å². The second-order valence-electron chi connectivity index (χ2n) is 7.34. The number of nitrogens with zero attached hydrogens (tertiary/aromatic N) is 5. The van der Waals surface area contributed by atoms with Gasteiger partial charge in [0.05, 0.1) is 12.7 Å². The van der Waals surface area contributed by atoms with Crippen LogP contribution < -0.4 is 11.1 Å². The first-order chi connectivity index (χ1) is 14.0. The number of rotatable bonds is 7. The van der Waals surface area contributed by atoms with Gasteiger partial charge in [-0.05, 0) is 17.7 Å². The molecule has 0 fully saturated rings. The maximum atomic E-state index is 11.3. The van der Waals surface area contributed by atoms with Gasteiger partial charge in [-0.25, -0.2) is 0 Å². The average molecular weight is 391 g/mol. The number of amides is 1. The van der Waals surface area contributed by atoms with Crippen molar-refractivity contribution in [3.05, 3.63) is 60.2 Å². The lowest BCUT2D eigenvalue weighted by Gasteiger charge is -2.24. The number of allylic oxidation sites excluding steroid dienone is 1. The van der Waals surface area contributed by atoms with Crippen LogP contribution in [0.25, 0.3) is 11.1 Å². The van der Waals surface area contributed by atoms with Crippen molar-refractivity contribution in [1.82, 2.24) is 24.5 Å². The molecule has 150 valence electrons. The minimum Gasteiger partial charge on any atom is -0.402 e. The molecule has 8 nitrogen and oxygen atoms in total. The predicted molar refractivity (Wildman–Crippen MR) is 112 cm³/mol. The van der Waals surface area contributed by atoms with Crippen molar-refractivity contribution >= 4 is 17.9 Å². The highest BCUT2D eigenvalue weighted by molar-refractivity contribution is 5.68. The fourth-order valence-electron chi connectivity index (χ4n) is 3.59. The minimum absolute atomic E-state index is 0.554. The van der Waals surface area contributed by atoms with Gasteiger partial charge in [0.1, 0.15) is 0 Å². The molecule has 0 unspecified atom stereocenters. The highest BCUT2D eigenvalue weighted by atomic mass is 16.1. The summed E-state index contributed by atoms with van der Waals surface area (Å²) < 4.78 is 3.77. The number of aromatic nitrogens is 4. The van der Waals surface area contributed by atoms with E-state index in [2.05, 4.69) is 29.1 Å². The summed E-state index contributed by atoms with van der Waals surface area (Å²) in [4.78, 5) is 13.0. The van der Waals surface area contributed by atoms with Crippen LogP contribution >= 0.6 is 0 Å². The Bertz CT molecular complexity index is 1030. The number of aryl methyl sites for hydroxylation is 2. The number of carbonyl (C=O) groups excluding carboxylic acids is 1. The van der Waals surface area contributed by atoms with Gasteiger partial charge in [0.15, 0.2) is 5.82 Å². The Morgan fingerprint density at radius 2 is 2.10 bits per heavy atom. The average Bonchev–Trinajstić information content (AvgIpc) is 3.30. The molecule has 0 saturated carbocycles. The number of nitrogens with two attached hydrogens (primary N) is 1. The fraction of sp³-hybridized carbons (Fsp3) is 0.286. The Morgan fingerprint density at radius 1 is 1.31 bits per heavy atom. The van der Waals surface area contributed by atoms with Gasteiger partial charge in [-0.3, -0.25) is 14.2 Å². The Labute approximate surface area is 169 Å². The third kappa shape index (κ3) is 4.01. The van der Waals surface area contributed by atoms with Crippen LogP contribution in [0.2, 0.25) is 0 Å². The Morgan fingerprint density at radius 3 is 2.76 bits per heavy atom. The zero-order chi connectivity index (χ0) is 20.4. The quantitative estimate of drug-likeness (QED) is 0.603. The van der Waals surface area contributed by atoms with Crippen LogP contribution in [0.5, 0.6) is 0 Å². The maximum absolute atomic E-state index is 11.3. The second-order valence-corrected chi connectivity index (χ2v) is 7.34. The van der Waals surface area contributed by atoms with E-state index >= 15 is 0 Å². The van der Waals surface area contributed by atoms with Crippen molar-refractivity contribution in [2.75, 3.05) is 11.9 Å². The molecule has 1 aliphatic heterocycles. The fourth-order valence-corrected chi connectivity index (χ4v) is 3.59. The Hall–Kier alpha value is -3.55. The van der Waals surface area contributed by atoms with E-state index in [4.69, 9.17) is 10.8 Å². The van der Waals surface area contributed by atoms with Gasteiger partial charge >= 0.3 is 0 Å². The molecule has 3 N–H and O–H groups in total. The third-order valence-corrected chi connectivity index (χ3v) is 5.14. The summed E-state index contributed by atoms with van der Waals surface area (Å²) in [6.45, 7) is 5.71. The molecule has 0 radical (unpaired) electrons. The van der Waals surface area contributed by atoms with Crippen LogP contribution in [0.1, 0.15) is 17.7 Å². The van der Waals surface area contributed by atoms with Gasteiger partial charge in [0.25, 0.3) is 0 Å². The topological polar surface area (TPSA) is 94.0 Å². The summed E-state index contributed by atoms with van der Waals surface area (Å²) in [7, 11) is 1.90. The first kappa shape index (κ1) is 18.8. The van der Waals surface area contributed by atoms with Crippen LogP contribution in [0.3, 0.4) is 0 Å². The molecule has 0 bridgehead atoms. The summed E-state index contributed by atoms with van der Waals surface area (Å²) in [6, 6.07) is 8.16. The monoisotopic (exact) mass is 391 g/mol. The normalized spacial score (nSPS) is 13.2. The zero-order valence-electron chi connectivity index (χ0n) is 16.5. The number of hydrogen-bond acceptors (Lipinski definition) is 5. The summed E-state index contributed by atoms with van der Waals surface area (Å²) in [5.41, 5.74) is 11.7. The smallest absolute Gasteiger partial charge is 0.210 e. The highest BCUT2D eigenvalue weighted by Gasteiger charge is 2.24. The summed E-state index contributed by atoms with van der Waals surface area (Å²) in [5, 5.41) is 12.4. The molecule has 2 aromatic heterocycles. The molecule has 0 saturated heterocycles. The molecule has 3 aromatic rings. The molecule has 1 aromatic carbocycles. The van der Waals surface area contributed by atoms with E-state index in [1.807, 2.05) is 36.3 Å². The standard InChI is InChI=1S/C21H25N7O/c1-15(22)7-10-28-20-8-9-27(14-29)13-19(20)21(25-28)24-18-5-3-16(4-6-18)17-11-23-26(2)12-17/h3-6,11-12,14H,1,7-10,13,22H2,2H3,(H,24,25). The van der Waals surface area contributed by atoms with E-state index in [-0.39, 0.29) is 0 Å². The molecular weight excluding hydrogens is 366 g/mol. The molecule has 8 heteroatoms. The Kier molecular flexibility index (Phi) is 5.07. The highest BCUT2D eigenvalue weighted by Crippen LogP contribution is 2.29. The van der Waals surface area contributed by atoms with Crippen molar-refractivity contribution in [2.45, 2.75) is 25.9 Å². The molecule has 3 heterocycles. The Balaban J connectivity index is 1.59. The van der Waals surface area contributed by atoms with Crippen molar-refractivity contribution in [3.8, 4) is 11.1 Å². The first-order valence-electron chi connectivity index (χ1n) is 9.61. The second kappa shape index (κ2) is 7.83. The van der Waals surface area contributed by atoms with Crippen LogP contribution in [-0.2, 0) is 31.4 Å². The first-order valence-corrected chi connectivity index (χ1v) is 9.61. The van der Waals surface area contributed by atoms with E-state index in [0.29, 0.717) is 31.8 Å². The molecule has 0 aliphatic carbocycles. The number of fused-ring (bicyclic) bond motifs is 1. The predicted octanol–water partition coefficient (Wildman–Crippen LogP) is 2.40. The van der Waals surface area contributed by atoms with Crippen LogP contribution in [0, 0.1) is 0 Å². The molecular formula is C21H25N7O. The summed E-state index contributed by atoms with van der Waals surface area (Å²) in [5.74, 6) is 0.781. The van der Waals surface area contributed by atoms with Crippen molar-refractivity contribution in [3.63, 3.8) is 0 Å². The molecule has 29 heavy (non-hydrogen) atoms. The van der Waals surface area contributed by atoms with E-state index in [0.717, 1.165) is 46.7 Å². The van der Waals surface area contributed by atoms with Gasteiger partial charge in [-0.15, -0.1) is 0 Å². The van der Waals surface area contributed by atoms with Gasteiger partial charge in [0, 0.05) is 67.4 Å². The number of nitrogens with one attached hydrogen (secondary N) is 1. The van der Waals surface area contributed by atoms with Gasteiger partial charge in [-0.2, -0.15) is 10.2 Å². The maximum Gasteiger partial charge on any atom is 0.210 e. The largest absolute Gasteiger partial charge is 0.402 e. The lowest BCUT2D eigenvalue weighted by Crippen LogP contribution is -2.30. The minimum atomic E-state index is 0.554. The third-order valence-electron chi connectivity index (χ3n) is 5.14. The van der Waals surface area contributed by atoms with Gasteiger partial charge < -0.3 is 16.0 Å².